The second-order valence-electron chi connectivity index (χ2n) is 5.90. The van der Waals surface area contributed by atoms with Crippen molar-refractivity contribution in [1.82, 2.24) is 5.32 Å². The molecule has 0 spiro atoms. The van der Waals surface area contributed by atoms with Crippen molar-refractivity contribution in [2.24, 2.45) is 0 Å². The van der Waals surface area contributed by atoms with E-state index in [1.807, 2.05) is 0 Å². The van der Waals surface area contributed by atoms with E-state index in [1.165, 1.54) is 44.2 Å². The molecule has 1 aromatic carbocycles. The Hall–Kier alpha value is -0.470. The van der Waals surface area contributed by atoms with Gasteiger partial charge in [0.05, 0.1) is 0 Å². The van der Waals surface area contributed by atoms with E-state index >= 15 is 0 Å². The van der Waals surface area contributed by atoms with Crippen molar-refractivity contribution >= 4 is 11.8 Å². The van der Waals surface area contributed by atoms with Gasteiger partial charge in [-0.25, -0.2) is 0 Å². The molecule has 0 radical (unpaired) electrons. The number of hydrogen-bond acceptors (Lipinski definition) is 2. The summed E-state index contributed by atoms with van der Waals surface area (Å²) < 4.78 is 0.581. The highest BCUT2D eigenvalue weighted by Crippen LogP contribution is 2.43. The quantitative estimate of drug-likeness (QED) is 0.865. The first-order valence-electron chi connectivity index (χ1n) is 7.15. The van der Waals surface area contributed by atoms with Crippen LogP contribution in [0.4, 0.5) is 0 Å². The fraction of sp³-hybridized carbons (Fsp3) is 0.625. The van der Waals surface area contributed by atoms with Gasteiger partial charge < -0.3 is 5.32 Å². The first-order chi connectivity index (χ1) is 8.81. The van der Waals surface area contributed by atoms with Crippen molar-refractivity contribution in [2.75, 3.05) is 12.8 Å². The Morgan fingerprint density at radius 3 is 2.50 bits per heavy atom. The van der Waals surface area contributed by atoms with Crippen LogP contribution in [0.15, 0.2) is 30.3 Å². The molecule has 0 atom stereocenters. The fourth-order valence-corrected chi connectivity index (χ4v) is 4.06. The summed E-state index contributed by atoms with van der Waals surface area (Å²) >= 11 is 2.07. The first kappa shape index (κ1) is 12.6. The molecule has 2 fully saturated rings. The van der Waals surface area contributed by atoms with Crippen molar-refractivity contribution in [3.63, 3.8) is 0 Å². The third-order valence-corrected chi connectivity index (χ3v) is 6.24. The van der Waals surface area contributed by atoms with Crippen LogP contribution >= 0.6 is 11.8 Å². The minimum Gasteiger partial charge on any atom is -0.313 e. The highest BCUT2D eigenvalue weighted by molar-refractivity contribution is 8.00. The molecule has 0 aliphatic heterocycles. The lowest BCUT2D eigenvalue weighted by Crippen LogP contribution is -2.49. The van der Waals surface area contributed by atoms with E-state index in [0.717, 1.165) is 12.0 Å². The summed E-state index contributed by atoms with van der Waals surface area (Å²) in [5, 5.41) is 3.79. The molecule has 3 rings (SSSR count). The summed E-state index contributed by atoms with van der Waals surface area (Å²) in [6.07, 6.45) is 9.18. The largest absolute Gasteiger partial charge is 0.313 e. The topological polar surface area (TPSA) is 12.0 Å². The molecule has 0 amide bonds. The second kappa shape index (κ2) is 5.26. The summed E-state index contributed by atoms with van der Waals surface area (Å²) in [5.41, 5.74) is 1.53. The highest BCUT2D eigenvalue weighted by atomic mass is 32.2. The van der Waals surface area contributed by atoms with Crippen molar-refractivity contribution < 1.29 is 0 Å². The number of hydrogen-bond donors (Lipinski definition) is 1. The maximum absolute atomic E-state index is 3.79. The number of benzene rings is 1. The third kappa shape index (κ3) is 2.46. The number of thioether (sulfide) groups is 1. The van der Waals surface area contributed by atoms with E-state index in [1.54, 1.807) is 0 Å². The van der Waals surface area contributed by atoms with Crippen LogP contribution in [0, 0.1) is 0 Å². The zero-order valence-electron chi connectivity index (χ0n) is 11.2. The van der Waals surface area contributed by atoms with Gasteiger partial charge in [0.15, 0.2) is 0 Å². The lowest BCUT2D eigenvalue weighted by Gasteiger charge is -2.44. The van der Waals surface area contributed by atoms with Crippen LogP contribution in [0.5, 0.6) is 0 Å². The molecular formula is C16H23NS. The van der Waals surface area contributed by atoms with E-state index in [2.05, 4.69) is 53.7 Å². The average molecular weight is 261 g/mol. The lowest BCUT2D eigenvalue weighted by atomic mass is 9.75. The minimum absolute atomic E-state index is 0.581. The van der Waals surface area contributed by atoms with Crippen molar-refractivity contribution in [3.8, 4) is 0 Å². The molecule has 2 aliphatic rings. The van der Waals surface area contributed by atoms with Crippen LogP contribution in [-0.2, 0) is 0 Å². The second-order valence-corrected chi connectivity index (χ2v) is 7.17. The molecule has 2 saturated carbocycles. The Morgan fingerprint density at radius 2 is 1.94 bits per heavy atom. The Bertz CT molecular complexity index is 374. The van der Waals surface area contributed by atoms with Gasteiger partial charge in [-0.1, -0.05) is 36.8 Å². The maximum atomic E-state index is 3.79. The van der Waals surface area contributed by atoms with Gasteiger partial charge in [0.25, 0.3) is 0 Å². The van der Waals surface area contributed by atoms with E-state index in [4.69, 9.17) is 0 Å². The normalized spacial score (nSPS) is 29.4. The molecular weight excluding hydrogens is 238 g/mol. The van der Waals surface area contributed by atoms with Gasteiger partial charge in [-0.3, -0.25) is 0 Å². The maximum Gasteiger partial charge on any atom is 0.0281 e. The molecule has 98 valence electrons. The molecule has 1 nitrogen and oxygen atoms in total. The van der Waals surface area contributed by atoms with Crippen molar-refractivity contribution in [1.29, 1.82) is 0 Å². The standard InChI is InChI=1S/C16H23NS/c1-18-16(8-5-9-16)12-17-15-10-14(11-15)13-6-3-2-4-7-13/h2-4,6-7,14-15,17H,5,8-12H2,1H3. The predicted octanol–water partition coefficient (Wildman–Crippen LogP) is 3.81. The Morgan fingerprint density at radius 1 is 1.22 bits per heavy atom. The van der Waals surface area contributed by atoms with Crippen molar-refractivity contribution in [2.45, 2.75) is 48.8 Å². The highest BCUT2D eigenvalue weighted by Gasteiger charge is 2.38. The molecule has 0 unspecified atom stereocenters. The van der Waals surface area contributed by atoms with Gasteiger partial charge in [-0.05, 0) is 43.4 Å². The molecule has 0 aromatic heterocycles. The third-order valence-electron chi connectivity index (χ3n) is 4.82. The van der Waals surface area contributed by atoms with Crippen LogP contribution in [0.2, 0.25) is 0 Å². The van der Waals surface area contributed by atoms with Crippen LogP contribution in [0.3, 0.4) is 0 Å². The molecule has 0 heterocycles. The molecule has 1 N–H and O–H groups in total. The van der Waals surface area contributed by atoms with Gasteiger partial charge in [-0.15, -0.1) is 0 Å². The summed E-state index contributed by atoms with van der Waals surface area (Å²) in [6.45, 7) is 1.22. The lowest BCUT2D eigenvalue weighted by molar-refractivity contribution is 0.256. The molecule has 1 aromatic rings. The Balaban J connectivity index is 1.43. The van der Waals surface area contributed by atoms with Gasteiger partial charge in [0, 0.05) is 17.3 Å². The zero-order valence-corrected chi connectivity index (χ0v) is 12.0. The van der Waals surface area contributed by atoms with Gasteiger partial charge in [0.1, 0.15) is 0 Å². The summed E-state index contributed by atoms with van der Waals surface area (Å²) in [4.78, 5) is 0. The smallest absolute Gasteiger partial charge is 0.0281 e. The van der Waals surface area contributed by atoms with Crippen LogP contribution in [-0.4, -0.2) is 23.6 Å². The van der Waals surface area contributed by atoms with Gasteiger partial charge in [-0.2, -0.15) is 11.8 Å². The summed E-state index contributed by atoms with van der Waals surface area (Å²) in [6, 6.07) is 11.7. The van der Waals surface area contributed by atoms with Crippen LogP contribution < -0.4 is 5.32 Å². The first-order valence-corrected chi connectivity index (χ1v) is 8.37. The molecule has 0 bridgehead atoms. The van der Waals surface area contributed by atoms with Gasteiger partial charge in [0.2, 0.25) is 0 Å². The number of nitrogens with one attached hydrogen (secondary N) is 1. The Labute approximate surface area is 115 Å². The summed E-state index contributed by atoms with van der Waals surface area (Å²) in [7, 11) is 0. The van der Waals surface area contributed by atoms with Crippen LogP contribution in [0.25, 0.3) is 0 Å². The van der Waals surface area contributed by atoms with E-state index in [-0.39, 0.29) is 0 Å². The van der Waals surface area contributed by atoms with Crippen LogP contribution in [0.1, 0.15) is 43.6 Å². The zero-order chi connectivity index (χ0) is 12.4. The van der Waals surface area contributed by atoms with Gasteiger partial charge >= 0.3 is 0 Å². The predicted molar refractivity (Wildman–Crippen MR) is 80.3 cm³/mol. The molecule has 0 saturated heterocycles. The molecule has 2 aliphatic carbocycles. The van der Waals surface area contributed by atoms with E-state index < -0.39 is 0 Å². The van der Waals surface area contributed by atoms with Crippen molar-refractivity contribution in [3.05, 3.63) is 35.9 Å². The molecule has 18 heavy (non-hydrogen) atoms. The number of rotatable bonds is 5. The minimum atomic E-state index is 0.581. The fourth-order valence-electron chi connectivity index (χ4n) is 3.14. The van der Waals surface area contributed by atoms with E-state index in [0.29, 0.717) is 4.75 Å². The van der Waals surface area contributed by atoms with E-state index in [9.17, 15) is 0 Å². The Kier molecular flexibility index (Phi) is 3.67. The average Bonchev–Trinajstić information content (AvgIpc) is 2.31. The monoisotopic (exact) mass is 261 g/mol. The molecule has 2 heteroatoms. The SMILES string of the molecule is CSC1(CNC2CC(c3ccccc3)C2)CCC1. The summed E-state index contributed by atoms with van der Waals surface area (Å²) in [5.74, 6) is 0.801.